The molecule has 128 valence electrons. The number of nitrogens with two attached hydrogens (primary N) is 1. The highest BCUT2D eigenvalue weighted by Crippen LogP contribution is 2.26. The van der Waals surface area contributed by atoms with Crippen molar-refractivity contribution in [3.8, 4) is 0 Å². The average molecular weight is 379 g/mol. The van der Waals surface area contributed by atoms with E-state index in [1.165, 1.54) is 12.1 Å². The average Bonchev–Trinajstić information content (AvgIpc) is 2.48. The van der Waals surface area contributed by atoms with E-state index in [9.17, 15) is 18.5 Å². The van der Waals surface area contributed by atoms with Gasteiger partial charge in [0.05, 0.1) is 9.82 Å². The molecule has 0 bridgehead atoms. The summed E-state index contributed by atoms with van der Waals surface area (Å²) in [4.78, 5) is 9.99. The van der Waals surface area contributed by atoms with Gasteiger partial charge in [0, 0.05) is 12.6 Å². The van der Waals surface area contributed by atoms with Gasteiger partial charge in [0.1, 0.15) is 5.69 Å². The Morgan fingerprint density at radius 2 is 2.17 bits per heavy atom. The first kappa shape index (κ1) is 19.4. The van der Waals surface area contributed by atoms with E-state index in [1.54, 1.807) is 11.8 Å². The van der Waals surface area contributed by atoms with Crippen LogP contribution in [0.4, 0.5) is 11.4 Å². The molecular formula is C11H17N5O4S3. The van der Waals surface area contributed by atoms with Crippen LogP contribution in [0, 0.1) is 10.1 Å². The predicted molar refractivity (Wildman–Crippen MR) is 94.8 cm³/mol. The zero-order valence-corrected chi connectivity index (χ0v) is 14.7. The van der Waals surface area contributed by atoms with Gasteiger partial charge in [-0.3, -0.25) is 21.0 Å². The van der Waals surface area contributed by atoms with E-state index < -0.39 is 20.6 Å². The Labute approximate surface area is 143 Å². The minimum atomic E-state index is -4.02. The Morgan fingerprint density at radius 3 is 2.74 bits per heavy atom. The van der Waals surface area contributed by atoms with E-state index in [1.807, 2.05) is 6.26 Å². The van der Waals surface area contributed by atoms with E-state index >= 15 is 0 Å². The fraction of sp³-hybridized carbons (Fsp3) is 0.364. The number of nitrogens with one attached hydrogen (secondary N) is 3. The Hall–Kier alpha value is -1.63. The van der Waals surface area contributed by atoms with Crippen molar-refractivity contribution < 1.29 is 13.3 Å². The quantitative estimate of drug-likeness (QED) is 0.223. The molecule has 1 rings (SSSR count). The Bertz CT molecular complexity index is 680. The number of hydrogen-bond donors (Lipinski definition) is 4. The van der Waals surface area contributed by atoms with Gasteiger partial charge in [0.15, 0.2) is 5.11 Å². The number of primary sulfonamides is 1. The van der Waals surface area contributed by atoms with E-state index in [0.717, 1.165) is 18.2 Å². The summed E-state index contributed by atoms with van der Waals surface area (Å²) in [6.45, 7) is 0.667. The maximum Gasteiger partial charge on any atom is 0.295 e. The molecule has 0 radical (unpaired) electrons. The van der Waals surface area contributed by atoms with Crippen LogP contribution >= 0.6 is 24.0 Å². The fourth-order valence-corrected chi connectivity index (χ4v) is 2.65. The highest BCUT2D eigenvalue weighted by atomic mass is 32.2. The lowest BCUT2D eigenvalue weighted by atomic mass is 10.3. The van der Waals surface area contributed by atoms with Crippen LogP contribution < -0.4 is 21.3 Å². The van der Waals surface area contributed by atoms with Gasteiger partial charge in [0.2, 0.25) is 10.0 Å². The van der Waals surface area contributed by atoms with Crippen molar-refractivity contribution in [3.63, 3.8) is 0 Å². The third-order valence-corrected chi connectivity index (χ3v) is 4.47. The summed E-state index contributed by atoms with van der Waals surface area (Å²) >= 11 is 6.74. The molecule has 0 amide bonds. The lowest BCUT2D eigenvalue weighted by Crippen LogP contribution is -2.39. The number of rotatable bonds is 8. The summed E-state index contributed by atoms with van der Waals surface area (Å²) in [7, 11) is -4.02. The number of nitrogens with zero attached hydrogens (tertiary/aromatic N) is 1. The molecule has 9 nitrogen and oxygen atoms in total. The SMILES string of the molecule is CSCCCNC(=S)NNc1ccc(S(N)(=O)=O)cc1[N+](=O)[O-]. The molecule has 0 saturated heterocycles. The number of thiocarbonyl (C=S) groups is 1. The van der Waals surface area contributed by atoms with Gasteiger partial charge in [-0.05, 0) is 42.8 Å². The highest BCUT2D eigenvalue weighted by molar-refractivity contribution is 7.98. The summed E-state index contributed by atoms with van der Waals surface area (Å²) in [6, 6.07) is 3.29. The van der Waals surface area contributed by atoms with Gasteiger partial charge < -0.3 is 5.32 Å². The van der Waals surface area contributed by atoms with Crippen molar-refractivity contribution in [3.05, 3.63) is 28.3 Å². The minimum absolute atomic E-state index is 0.0654. The predicted octanol–water partition coefficient (Wildman–Crippen LogP) is 0.786. The second-order valence-electron chi connectivity index (χ2n) is 4.33. The first-order valence-corrected chi connectivity index (χ1v) is 9.70. The summed E-state index contributed by atoms with van der Waals surface area (Å²) < 4.78 is 22.5. The number of hydrazine groups is 1. The number of nitro groups is 1. The van der Waals surface area contributed by atoms with Gasteiger partial charge in [-0.25, -0.2) is 13.6 Å². The van der Waals surface area contributed by atoms with Gasteiger partial charge in [0.25, 0.3) is 5.69 Å². The number of nitro benzene ring substituents is 1. The number of anilines is 1. The molecule has 12 heteroatoms. The van der Waals surface area contributed by atoms with Crippen LogP contribution in [0.15, 0.2) is 23.1 Å². The Balaban J connectivity index is 2.73. The van der Waals surface area contributed by atoms with E-state index in [0.29, 0.717) is 6.54 Å². The van der Waals surface area contributed by atoms with E-state index in [-0.39, 0.29) is 15.7 Å². The molecule has 0 aliphatic heterocycles. The van der Waals surface area contributed by atoms with Crippen molar-refractivity contribution in [1.82, 2.24) is 10.7 Å². The van der Waals surface area contributed by atoms with Gasteiger partial charge in [-0.2, -0.15) is 11.8 Å². The standard InChI is InChI=1S/C11H17N5O4S3/c1-22-6-2-5-13-11(21)15-14-9-4-3-8(23(12,19)20)7-10(9)16(17)18/h3-4,7,14H,2,5-6H2,1H3,(H2,12,19,20)(H2,13,15,21). The molecule has 0 atom stereocenters. The fourth-order valence-electron chi connectivity index (χ4n) is 1.53. The molecule has 0 fully saturated rings. The zero-order chi connectivity index (χ0) is 17.5. The number of hydrogen-bond acceptors (Lipinski definition) is 7. The molecule has 1 aromatic rings. The molecular weight excluding hydrogens is 362 g/mol. The van der Waals surface area contributed by atoms with Crippen molar-refractivity contribution >= 4 is 50.5 Å². The molecule has 0 aromatic heterocycles. The lowest BCUT2D eigenvalue weighted by Gasteiger charge is -2.12. The van der Waals surface area contributed by atoms with Crippen LogP contribution in [-0.4, -0.2) is 37.0 Å². The molecule has 0 saturated carbocycles. The van der Waals surface area contributed by atoms with Crippen LogP contribution in [0.3, 0.4) is 0 Å². The molecule has 0 spiro atoms. The highest BCUT2D eigenvalue weighted by Gasteiger charge is 2.19. The number of benzene rings is 1. The largest absolute Gasteiger partial charge is 0.361 e. The first-order chi connectivity index (χ1) is 10.8. The van der Waals surface area contributed by atoms with Crippen molar-refractivity contribution in [2.45, 2.75) is 11.3 Å². The van der Waals surface area contributed by atoms with Crippen LogP contribution in [0.25, 0.3) is 0 Å². The second kappa shape index (κ2) is 8.86. The van der Waals surface area contributed by atoms with Gasteiger partial charge in [-0.15, -0.1) is 0 Å². The van der Waals surface area contributed by atoms with Crippen molar-refractivity contribution in [2.24, 2.45) is 5.14 Å². The number of thioether (sulfide) groups is 1. The maximum absolute atomic E-state index is 11.2. The summed E-state index contributed by atoms with van der Waals surface area (Å²) in [5.41, 5.74) is 4.81. The molecule has 0 heterocycles. The Morgan fingerprint density at radius 1 is 1.48 bits per heavy atom. The molecule has 0 unspecified atom stereocenters. The normalized spacial score (nSPS) is 10.9. The lowest BCUT2D eigenvalue weighted by molar-refractivity contribution is -0.384. The van der Waals surface area contributed by atoms with Crippen molar-refractivity contribution in [1.29, 1.82) is 0 Å². The maximum atomic E-state index is 11.2. The summed E-state index contributed by atoms with van der Waals surface area (Å²) in [6.07, 6.45) is 2.93. The molecule has 5 N–H and O–H groups in total. The van der Waals surface area contributed by atoms with Crippen LogP contribution in [-0.2, 0) is 10.0 Å². The van der Waals surface area contributed by atoms with Crippen LogP contribution in [0.1, 0.15) is 6.42 Å². The molecule has 1 aromatic carbocycles. The number of sulfonamides is 1. The van der Waals surface area contributed by atoms with Gasteiger partial charge in [-0.1, -0.05) is 0 Å². The third kappa shape index (κ3) is 6.56. The summed E-state index contributed by atoms with van der Waals surface area (Å²) in [5, 5.41) is 19.2. The Kier molecular flexibility index (Phi) is 7.48. The van der Waals surface area contributed by atoms with Gasteiger partial charge >= 0.3 is 0 Å². The second-order valence-corrected chi connectivity index (χ2v) is 7.29. The van der Waals surface area contributed by atoms with E-state index in [4.69, 9.17) is 17.4 Å². The minimum Gasteiger partial charge on any atom is -0.361 e. The third-order valence-electron chi connectivity index (χ3n) is 2.62. The topological polar surface area (TPSA) is 139 Å². The zero-order valence-electron chi connectivity index (χ0n) is 12.2. The molecule has 0 aliphatic rings. The van der Waals surface area contributed by atoms with Crippen LogP contribution in [0.5, 0.6) is 0 Å². The monoisotopic (exact) mass is 379 g/mol. The first-order valence-electron chi connectivity index (χ1n) is 6.35. The molecule has 0 aliphatic carbocycles. The summed E-state index contributed by atoms with van der Waals surface area (Å²) in [5.74, 6) is 0.990. The van der Waals surface area contributed by atoms with Crippen molar-refractivity contribution in [2.75, 3.05) is 24.0 Å². The van der Waals surface area contributed by atoms with E-state index in [2.05, 4.69) is 16.2 Å². The molecule has 23 heavy (non-hydrogen) atoms. The smallest absolute Gasteiger partial charge is 0.295 e. The van der Waals surface area contributed by atoms with Crippen LogP contribution in [0.2, 0.25) is 0 Å².